The van der Waals surface area contributed by atoms with Gasteiger partial charge in [0.15, 0.2) is 0 Å². The molecule has 0 spiro atoms. The Morgan fingerprint density at radius 1 is 1.13 bits per heavy atom. The van der Waals surface area contributed by atoms with Crippen molar-refractivity contribution in [3.8, 4) is 16.9 Å². The van der Waals surface area contributed by atoms with Crippen LogP contribution >= 0.6 is 15.9 Å². The number of carbonyl (C=O) groups excluding carboxylic acids is 2. The lowest BCUT2D eigenvalue weighted by Gasteiger charge is -2.16. The molecule has 160 valence electrons. The van der Waals surface area contributed by atoms with Gasteiger partial charge in [0.05, 0.1) is 20.1 Å². The largest absolute Gasteiger partial charge is 0.496 e. The van der Waals surface area contributed by atoms with Gasteiger partial charge in [0.25, 0.3) is 0 Å². The van der Waals surface area contributed by atoms with E-state index in [0.717, 1.165) is 45.3 Å². The zero-order valence-electron chi connectivity index (χ0n) is 17.5. The van der Waals surface area contributed by atoms with Crippen molar-refractivity contribution in [3.63, 3.8) is 0 Å². The summed E-state index contributed by atoms with van der Waals surface area (Å²) in [4.78, 5) is 23.8. The lowest BCUT2D eigenvalue weighted by Crippen LogP contribution is -2.19. The molecule has 1 aliphatic carbocycles. The highest BCUT2D eigenvalue weighted by Crippen LogP contribution is 2.35. The van der Waals surface area contributed by atoms with E-state index in [0.29, 0.717) is 37.8 Å². The third kappa shape index (κ3) is 6.16. The number of rotatable bonds is 11. The number of halogens is 1. The van der Waals surface area contributed by atoms with E-state index >= 15 is 0 Å². The third-order valence-electron chi connectivity index (χ3n) is 5.17. The van der Waals surface area contributed by atoms with Gasteiger partial charge in [0.1, 0.15) is 11.5 Å². The van der Waals surface area contributed by atoms with Crippen LogP contribution in [0.25, 0.3) is 11.1 Å². The summed E-state index contributed by atoms with van der Waals surface area (Å²) in [5.41, 5.74) is 3.93. The lowest BCUT2D eigenvalue weighted by molar-refractivity contribution is -0.142. The average molecular weight is 474 g/mol. The lowest BCUT2D eigenvalue weighted by atomic mass is 9.96. The van der Waals surface area contributed by atoms with Crippen molar-refractivity contribution in [1.29, 1.82) is 0 Å². The fourth-order valence-electron chi connectivity index (χ4n) is 3.47. The standard InChI is InChI=1S/C24H28BrNO4/c1-3-30-24(28)13-16-4-9-23(29-2)21(12-16)20-8-7-19(25)14-18(20)15-26-11-10-22(27)17-5-6-17/h4,7-9,12,14,17,26H,3,5-6,10-11,13,15H2,1-2H3. The van der Waals surface area contributed by atoms with Crippen LogP contribution in [0.3, 0.4) is 0 Å². The van der Waals surface area contributed by atoms with Crippen LogP contribution in [0.2, 0.25) is 0 Å². The molecule has 0 unspecified atom stereocenters. The fraction of sp³-hybridized carbons (Fsp3) is 0.417. The van der Waals surface area contributed by atoms with Crippen LogP contribution in [0.4, 0.5) is 0 Å². The van der Waals surface area contributed by atoms with Crippen LogP contribution < -0.4 is 10.1 Å². The highest BCUT2D eigenvalue weighted by Gasteiger charge is 2.28. The van der Waals surface area contributed by atoms with E-state index in [-0.39, 0.29) is 12.4 Å². The van der Waals surface area contributed by atoms with Crippen molar-refractivity contribution in [1.82, 2.24) is 5.32 Å². The van der Waals surface area contributed by atoms with Crippen LogP contribution in [0.1, 0.15) is 37.3 Å². The normalized spacial score (nSPS) is 13.2. The van der Waals surface area contributed by atoms with Gasteiger partial charge in [-0.1, -0.05) is 28.1 Å². The molecule has 5 nitrogen and oxygen atoms in total. The van der Waals surface area contributed by atoms with E-state index in [2.05, 4.69) is 27.3 Å². The van der Waals surface area contributed by atoms with Gasteiger partial charge < -0.3 is 14.8 Å². The summed E-state index contributed by atoms with van der Waals surface area (Å²) in [7, 11) is 1.64. The number of hydrogen-bond donors (Lipinski definition) is 1. The molecule has 1 fully saturated rings. The number of carbonyl (C=O) groups is 2. The minimum absolute atomic E-state index is 0.220. The Bertz CT molecular complexity index is 908. The molecule has 0 radical (unpaired) electrons. The average Bonchev–Trinajstić information content (AvgIpc) is 3.57. The van der Waals surface area contributed by atoms with E-state index in [1.165, 1.54) is 0 Å². The predicted molar refractivity (Wildman–Crippen MR) is 121 cm³/mol. The fourth-order valence-corrected chi connectivity index (χ4v) is 3.88. The molecule has 0 heterocycles. The molecule has 0 bridgehead atoms. The van der Waals surface area contributed by atoms with Gasteiger partial charge in [0, 0.05) is 35.5 Å². The third-order valence-corrected chi connectivity index (χ3v) is 5.66. The van der Waals surface area contributed by atoms with E-state index < -0.39 is 0 Å². The van der Waals surface area contributed by atoms with Gasteiger partial charge in [-0.3, -0.25) is 9.59 Å². The smallest absolute Gasteiger partial charge is 0.310 e. The molecule has 2 aromatic carbocycles. The molecule has 6 heteroatoms. The van der Waals surface area contributed by atoms with Gasteiger partial charge in [-0.25, -0.2) is 0 Å². The number of esters is 1. The minimum atomic E-state index is -0.244. The minimum Gasteiger partial charge on any atom is -0.496 e. The maximum Gasteiger partial charge on any atom is 0.310 e. The van der Waals surface area contributed by atoms with Crippen molar-refractivity contribution >= 4 is 27.7 Å². The van der Waals surface area contributed by atoms with Crippen LogP contribution in [-0.4, -0.2) is 32.0 Å². The molecule has 0 amide bonds. The molecule has 2 aromatic rings. The van der Waals surface area contributed by atoms with E-state index in [1.54, 1.807) is 14.0 Å². The summed E-state index contributed by atoms with van der Waals surface area (Å²) in [5, 5.41) is 3.40. The Kier molecular flexibility index (Phi) is 8.05. The van der Waals surface area contributed by atoms with Gasteiger partial charge in [-0.05, 0) is 60.7 Å². The molecule has 3 rings (SSSR count). The summed E-state index contributed by atoms with van der Waals surface area (Å²) >= 11 is 3.55. The monoisotopic (exact) mass is 473 g/mol. The van der Waals surface area contributed by atoms with E-state index in [1.807, 2.05) is 30.3 Å². The molecule has 1 N–H and O–H groups in total. The SMILES string of the molecule is CCOC(=O)Cc1ccc(OC)c(-c2ccc(Br)cc2CNCCC(=O)C2CC2)c1. The number of Topliss-reactive ketones (excluding diaryl/α,β-unsaturated/α-hetero) is 1. The highest BCUT2D eigenvalue weighted by atomic mass is 79.9. The van der Waals surface area contributed by atoms with Gasteiger partial charge in [0.2, 0.25) is 0 Å². The predicted octanol–water partition coefficient (Wildman–Crippen LogP) is 4.69. The Balaban J connectivity index is 1.79. The Hall–Kier alpha value is -2.18. The molecular formula is C24H28BrNO4. The number of ketones is 1. The van der Waals surface area contributed by atoms with Crippen LogP contribution in [0, 0.1) is 5.92 Å². The molecule has 1 saturated carbocycles. The first kappa shape index (κ1) is 22.5. The second-order valence-corrected chi connectivity index (χ2v) is 8.40. The molecule has 30 heavy (non-hydrogen) atoms. The maximum atomic E-state index is 11.9. The second kappa shape index (κ2) is 10.7. The van der Waals surface area contributed by atoms with Gasteiger partial charge in [-0.2, -0.15) is 0 Å². The van der Waals surface area contributed by atoms with Crippen molar-refractivity contribution < 1.29 is 19.1 Å². The summed E-state index contributed by atoms with van der Waals surface area (Å²) in [6, 6.07) is 11.9. The maximum absolute atomic E-state index is 11.9. The molecule has 0 aromatic heterocycles. The van der Waals surface area contributed by atoms with Crippen molar-refractivity contribution in [2.75, 3.05) is 20.3 Å². The summed E-state index contributed by atoms with van der Waals surface area (Å²) in [5.74, 6) is 1.17. The zero-order valence-corrected chi connectivity index (χ0v) is 19.1. The Morgan fingerprint density at radius 3 is 2.63 bits per heavy atom. The van der Waals surface area contributed by atoms with Crippen molar-refractivity contribution in [2.24, 2.45) is 5.92 Å². The first-order valence-electron chi connectivity index (χ1n) is 10.4. The van der Waals surface area contributed by atoms with E-state index in [9.17, 15) is 9.59 Å². The van der Waals surface area contributed by atoms with Crippen LogP contribution in [-0.2, 0) is 27.3 Å². The topological polar surface area (TPSA) is 64.6 Å². The van der Waals surface area contributed by atoms with Gasteiger partial charge >= 0.3 is 5.97 Å². The summed E-state index contributed by atoms with van der Waals surface area (Å²) in [6.45, 7) is 3.48. The molecule has 0 aliphatic heterocycles. The highest BCUT2D eigenvalue weighted by molar-refractivity contribution is 9.10. The Labute approximate surface area is 186 Å². The second-order valence-electron chi connectivity index (χ2n) is 7.49. The number of ether oxygens (including phenoxy) is 2. The number of nitrogens with one attached hydrogen (secondary N) is 1. The quantitative estimate of drug-likeness (QED) is 0.378. The van der Waals surface area contributed by atoms with Gasteiger partial charge in [-0.15, -0.1) is 0 Å². The number of benzene rings is 2. The first-order valence-corrected chi connectivity index (χ1v) is 11.2. The van der Waals surface area contributed by atoms with Crippen LogP contribution in [0.15, 0.2) is 40.9 Å². The van der Waals surface area contributed by atoms with Crippen LogP contribution in [0.5, 0.6) is 5.75 Å². The summed E-state index contributed by atoms with van der Waals surface area (Å²) in [6.07, 6.45) is 2.90. The molecule has 0 saturated heterocycles. The molecular weight excluding hydrogens is 446 g/mol. The number of methoxy groups -OCH3 is 1. The molecule has 1 aliphatic rings. The first-order chi connectivity index (χ1) is 14.5. The molecule has 0 atom stereocenters. The van der Waals surface area contributed by atoms with Crippen molar-refractivity contribution in [2.45, 2.75) is 39.2 Å². The Morgan fingerprint density at radius 2 is 1.93 bits per heavy atom. The summed E-state index contributed by atoms with van der Waals surface area (Å²) < 4.78 is 11.7. The number of hydrogen-bond acceptors (Lipinski definition) is 5. The van der Waals surface area contributed by atoms with Crippen molar-refractivity contribution in [3.05, 3.63) is 52.0 Å². The van der Waals surface area contributed by atoms with E-state index in [4.69, 9.17) is 9.47 Å². The zero-order chi connectivity index (χ0) is 21.5.